The Bertz CT molecular complexity index is 372. The second-order valence-corrected chi connectivity index (χ2v) is 4.92. The highest BCUT2D eigenvalue weighted by Gasteiger charge is 2.16. The van der Waals surface area contributed by atoms with Crippen molar-refractivity contribution in [3.05, 3.63) is 35.4 Å². The monoisotopic (exact) mass is 247 g/mol. The Morgan fingerprint density at radius 1 is 1.25 bits per heavy atom. The molecule has 1 fully saturated rings. The normalized spacial score (nSPS) is 17.1. The molecule has 0 aliphatic heterocycles. The highest BCUT2D eigenvalue weighted by atomic mass is 32.1. The molecule has 0 atom stereocenters. The van der Waals surface area contributed by atoms with Gasteiger partial charge in [-0.05, 0) is 42.6 Å². The number of rotatable bonds is 2. The Hall–Kier alpha value is -0.673. The second kappa shape index (κ2) is 5.59. The SMILES string of the molecule is [Si]OC(=S)c1cccc(C2CCCCC2)c1. The first-order valence-electron chi connectivity index (χ1n) is 5.79. The quantitative estimate of drug-likeness (QED) is 0.584. The molecule has 0 aromatic heterocycles. The van der Waals surface area contributed by atoms with Crippen molar-refractivity contribution >= 4 is 27.8 Å². The lowest BCUT2D eigenvalue weighted by Crippen LogP contribution is -2.06. The molecule has 1 aromatic rings. The molecule has 0 unspecified atom stereocenters. The molecule has 3 radical (unpaired) electrons. The first-order chi connectivity index (χ1) is 7.81. The second-order valence-electron chi connectivity index (χ2n) is 4.35. The number of benzene rings is 1. The maximum atomic E-state index is 5.11. The van der Waals surface area contributed by atoms with Crippen molar-refractivity contribution in [1.29, 1.82) is 0 Å². The van der Waals surface area contributed by atoms with Gasteiger partial charge in [0, 0.05) is 5.56 Å². The molecule has 0 N–H and O–H groups in total. The largest absolute Gasteiger partial charge is 0.533 e. The predicted octanol–water partition coefficient (Wildman–Crippen LogP) is 3.51. The van der Waals surface area contributed by atoms with Crippen LogP contribution in [0.25, 0.3) is 0 Å². The van der Waals surface area contributed by atoms with E-state index in [-0.39, 0.29) is 0 Å². The van der Waals surface area contributed by atoms with Crippen molar-refractivity contribution in [3.63, 3.8) is 0 Å². The van der Waals surface area contributed by atoms with Gasteiger partial charge in [-0.3, -0.25) is 0 Å². The van der Waals surface area contributed by atoms with Gasteiger partial charge in [0.15, 0.2) is 5.05 Å². The third-order valence-electron chi connectivity index (χ3n) is 3.29. The standard InChI is InChI=1S/C13H15OSSi/c15-13(14-16)12-8-4-7-11(9-12)10-5-2-1-3-6-10/h4,7-10H,1-3,5-6H2. The van der Waals surface area contributed by atoms with Crippen molar-refractivity contribution < 1.29 is 4.43 Å². The van der Waals surface area contributed by atoms with Gasteiger partial charge < -0.3 is 4.43 Å². The summed E-state index contributed by atoms with van der Waals surface area (Å²) in [5.74, 6) is 0.714. The van der Waals surface area contributed by atoms with E-state index in [1.165, 1.54) is 37.7 Å². The zero-order valence-corrected chi connectivity index (χ0v) is 11.1. The molecule has 0 amide bonds. The minimum atomic E-state index is 0.509. The van der Waals surface area contributed by atoms with E-state index in [9.17, 15) is 0 Å². The Balaban J connectivity index is 2.17. The van der Waals surface area contributed by atoms with Gasteiger partial charge in [0.25, 0.3) is 0 Å². The molecule has 0 saturated heterocycles. The lowest BCUT2D eigenvalue weighted by Gasteiger charge is -2.22. The Morgan fingerprint density at radius 2 is 2.00 bits per heavy atom. The predicted molar refractivity (Wildman–Crippen MR) is 70.8 cm³/mol. The lowest BCUT2D eigenvalue weighted by molar-refractivity contribution is 0.443. The Kier molecular flexibility index (Phi) is 4.13. The molecule has 3 heteroatoms. The van der Waals surface area contributed by atoms with Crippen molar-refractivity contribution in [2.75, 3.05) is 0 Å². The van der Waals surface area contributed by atoms with Gasteiger partial charge in [-0.25, -0.2) is 0 Å². The summed E-state index contributed by atoms with van der Waals surface area (Å²) < 4.78 is 4.92. The average Bonchev–Trinajstić information content (AvgIpc) is 2.39. The minimum Gasteiger partial charge on any atom is -0.533 e. The first-order valence-corrected chi connectivity index (χ1v) is 6.61. The molecule has 0 bridgehead atoms. The van der Waals surface area contributed by atoms with E-state index in [0.717, 1.165) is 5.56 Å². The maximum Gasteiger partial charge on any atom is 0.342 e. The van der Waals surface area contributed by atoms with Crippen LogP contribution in [0.15, 0.2) is 24.3 Å². The van der Waals surface area contributed by atoms with Crippen molar-refractivity contribution in [3.8, 4) is 0 Å². The van der Waals surface area contributed by atoms with E-state index in [1.54, 1.807) is 0 Å². The number of hydrogen-bond acceptors (Lipinski definition) is 2. The molecular formula is C13H15OSSi. The van der Waals surface area contributed by atoms with Crippen LogP contribution in [0.5, 0.6) is 0 Å². The molecule has 1 saturated carbocycles. The lowest BCUT2D eigenvalue weighted by atomic mass is 9.84. The van der Waals surface area contributed by atoms with Crippen LogP contribution in [-0.4, -0.2) is 15.5 Å². The fourth-order valence-corrected chi connectivity index (χ4v) is 2.66. The fourth-order valence-electron chi connectivity index (χ4n) is 2.41. The molecular weight excluding hydrogens is 232 g/mol. The zero-order valence-electron chi connectivity index (χ0n) is 9.24. The summed E-state index contributed by atoms with van der Waals surface area (Å²) in [4.78, 5) is 0. The third kappa shape index (κ3) is 2.71. The molecule has 2 rings (SSSR count). The topological polar surface area (TPSA) is 9.23 Å². The molecule has 1 aliphatic carbocycles. The van der Waals surface area contributed by atoms with Gasteiger partial charge in [0.2, 0.25) is 0 Å². The van der Waals surface area contributed by atoms with Crippen LogP contribution < -0.4 is 0 Å². The van der Waals surface area contributed by atoms with Gasteiger partial charge in [0.05, 0.1) is 0 Å². The highest BCUT2D eigenvalue weighted by Crippen LogP contribution is 2.32. The molecule has 83 valence electrons. The summed E-state index contributed by atoms with van der Waals surface area (Å²) >= 11 is 5.11. The van der Waals surface area contributed by atoms with Crippen LogP contribution in [0, 0.1) is 0 Å². The average molecular weight is 247 g/mol. The van der Waals surface area contributed by atoms with Gasteiger partial charge in [-0.2, -0.15) is 0 Å². The van der Waals surface area contributed by atoms with Crippen LogP contribution in [0.2, 0.25) is 0 Å². The van der Waals surface area contributed by atoms with E-state index < -0.39 is 0 Å². The minimum absolute atomic E-state index is 0.509. The summed E-state index contributed by atoms with van der Waals surface area (Å²) in [7, 11) is 2.98. The van der Waals surface area contributed by atoms with Crippen LogP contribution in [-0.2, 0) is 4.43 Å². The molecule has 1 aliphatic rings. The summed E-state index contributed by atoms with van der Waals surface area (Å²) in [6, 6.07) is 8.43. The molecule has 1 nitrogen and oxygen atoms in total. The Labute approximate surface area is 106 Å². The molecule has 16 heavy (non-hydrogen) atoms. The van der Waals surface area contributed by atoms with Crippen LogP contribution in [0.4, 0.5) is 0 Å². The van der Waals surface area contributed by atoms with E-state index in [0.29, 0.717) is 11.0 Å². The molecule has 0 spiro atoms. The van der Waals surface area contributed by atoms with Gasteiger partial charge in [-0.1, -0.05) is 37.5 Å². The van der Waals surface area contributed by atoms with E-state index in [1.807, 2.05) is 6.07 Å². The summed E-state index contributed by atoms with van der Waals surface area (Å²) in [6.45, 7) is 0. The summed E-state index contributed by atoms with van der Waals surface area (Å²) in [5.41, 5.74) is 2.40. The van der Waals surface area contributed by atoms with Gasteiger partial charge >= 0.3 is 10.5 Å². The van der Waals surface area contributed by atoms with Crippen LogP contribution >= 0.6 is 12.2 Å². The molecule has 1 aromatic carbocycles. The third-order valence-corrected chi connectivity index (χ3v) is 3.96. The van der Waals surface area contributed by atoms with Crippen molar-refractivity contribution in [2.45, 2.75) is 38.0 Å². The summed E-state index contributed by atoms with van der Waals surface area (Å²) in [6.07, 6.45) is 6.72. The van der Waals surface area contributed by atoms with Crippen LogP contribution in [0.3, 0.4) is 0 Å². The van der Waals surface area contributed by atoms with Crippen LogP contribution in [0.1, 0.15) is 49.1 Å². The van der Waals surface area contributed by atoms with Gasteiger partial charge in [0.1, 0.15) is 0 Å². The van der Waals surface area contributed by atoms with E-state index in [2.05, 4.69) is 28.7 Å². The van der Waals surface area contributed by atoms with Crippen molar-refractivity contribution in [2.24, 2.45) is 0 Å². The molecule has 0 heterocycles. The smallest absolute Gasteiger partial charge is 0.342 e. The number of thiocarbonyl (C=S) groups is 1. The highest BCUT2D eigenvalue weighted by molar-refractivity contribution is 7.80. The maximum absolute atomic E-state index is 5.11. The van der Waals surface area contributed by atoms with E-state index >= 15 is 0 Å². The zero-order chi connectivity index (χ0) is 11.4. The van der Waals surface area contributed by atoms with Gasteiger partial charge in [-0.15, -0.1) is 0 Å². The fraction of sp³-hybridized carbons (Fsp3) is 0.462. The Morgan fingerprint density at radius 3 is 2.69 bits per heavy atom. The van der Waals surface area contributed by atoms with E-state index in [4.69, 9.17) is 16.6 Å². The van der Waals surface area contributed by atoms with Crippen molar-refractivity contribution in [1.82, 2.24) is 0 Å². The number of hydrogen-bond donors (Lipinski definition) is 0. The first kappa shape index (κ1) is 11.8. The summed E-state index contributed by atoms with van der Waals surface area (Å²) in [5, 5.41) is 0.509.